The Hall–Kier alpha value is -4.60. The molecule has 10 nitrogen and oxygen atoms in total. The van der Waals surface area contributed by atoms with Gasteiger partial charge in [-0.1, -0.05) is 35.4 Å². The summed E-state index contributed by atoms with van der Waals surface area (Å²) in [5.74, 6) is -0.489. The van der Waals surface area contributed by atoms with Crippen molar-refractivity contribution in [2.24, 2.45) is 0 Å². The summed E-state index contributed by atoms with van der Waals surface area (Å²) < 4.78 is 7.49. The zero-order chi connectivity index (χ0) is 24.9. The number of esters is 1. The van der Waals surface area contributed by atoms with Gasteiger partial charge < -0.3 is 14.9 Å². The summed E-state index contributed by atoms with van der Waals surface area (Å²) in [4.78, 5) is 35.0. The molecule has 0 spiro atoms. The maximum Gasteiger partial charge on any atom is 0.345 e. The van der Waals surface area contributed by atoms with Gasteiger partial charge in [-0.05, 0) is 47.2 Å². The van der Waals surface area contributed by atoms with Crippen molar-refractivity contribution in [3.63, 3.8) is 0 Å². The van der Waals surface area contributed by atoms with Gasteiger partial charge in [-0.25, -0.2) is 9.48 Å². The third-order valence-electron chi connectivity index (χ3n) is 5.45. The summed E-state index contributed by atoms with van der Waals surface area (Å²) in [7, 11) is 1.32. The van der Waals surface area contributed by atoms with E-state index in [2.05, 4.69) is 10.2 Å². The summed E-state index contributed by atoms with van der Waals surface area (Å²) in [5.41, 5.74) is 3.83. The van der Waals surface area contributed by atoms with Crippen LogP contribution in [0, 0.1) is 17.0 Å². The molecule has 0 amide bonds. The van der Waals surface area contributed by atoms with Gasteiger partial charge in [0.25, 0.3) is 5.56 Å². The van der Waals surface area contributed by atoms with Crippen LogP contribution in [0.25, 0.3) is 11.3 Å². The molecular weight excluding hydrogens is 450 g/mol. The topological polar surface area (TPSA) is 122 Å². The molecule has 0 atom stereocenters. The molecule has 0 aliphatic rings. The average molecular weight is 473 g/mol. The van der Waals surface area contributed by atoms with Crippen molar-refractivity contribution >= 4 is 11.8 Å². The lowest BCUT2D eigenvalue weighted by Crippen LogP contribution is -2.23. The smallest absolute Gasteiger partial charge is 0.345 e. The van der Waals surface area contributed by atoms with Gasteiger partial charge in [0, 0.05) is 18.1 Å². The minimum Gasteiger partial charge on any atom is -0.465 e. The van der Waals surface area contributed by atoms with E-state index in [1.165, 1.54) is 28.6 Å². The molecule has 2 aromatic carbocycles. The Morgan fingerprint density at radius 1 is 1.00 bits per heavy atom. The van der Waals surface area contributed by atoms with E-state index in [0.29, 0.717) is 29.9 Å². The largest absolute Gasteiger partial charge is 0.465 e. The van der Waals surface area contributed by atoms with Crippen LogP contribution in [0.3, 0.4) is 0 Å². The van der Waals surface area contributed by atoms with E-state index < -0.39 is 10.9 Å². The van der Waals surface area contributed by atoms with Crippen molar-refractivity contribution in [3.05, 3.63) is 110 Å². The van der Waals surface area contributed by atoms with Crippen LogP contribution in [-0.2, 0) is 24.2 Å². The molecule has 0 aliphatic heterocycles. The van der Waals surface area contributed by atoms with E-state index >= 15 is 0 Å². The number of hydrogen-bond donors (Lipinski definition) is 0. The van der Waals surface area contributed by atoms with E-state index in [1.807, 2.05) is 30.3 Å². The average Bonchev–Trinajstić information content (AvgIpc) is 3.25. The first kappa shape index (κ1) is 23.6. The monoisotopic (exact) mass is 473 g/mol. The van der Waals surface area contributed by atoms with Crippen LogP contribution in [-0.4, -0.2) is 37.6 Å². The van der Waals surface area contributed by atoms with Crippen molar-refractivity contribution in [2.75, 3.05) is 7.11 Å². The molecule has 0 bridgehead atoms. The highest BCUT2D eigenvalue weighted by Crippen LogP contribution is 2.19. The quantitative estimate of drug-likeness (QED) is 0.218. The SMILES string of the molecule is COC(=O)c1cccc(Cn2nc(-c3cccc(CCn4nc(C)cc4[N+](=O)[O-])c3)ccc2=O)c1. The summed E-state index contributed by atoms with van der Waals surface area (Å²) in [6.07, 6.45) is 0.537. The number of carbonyl (C=O) groups excluding carboxylic acids is 1. The lowest BCUT2D eigenvalue weighted by atomic mass is 10.1. The van der Waals surface area contributed by atoms with Crippen LogP contribution in [0.5, 0.6) is 0 Å². The first-order chi connectivity index (χ1) is 16.8. The van der Waals surface area contributed by atoms with Crippen molar-refractivity contribution in [1.29, 1.82) is 0 Å². The highest BCUT2D eigenvalue weighted by molar-refractivity contribution is 5.89. The predicted octanol–water partition coefficient (Wildman–Crippen LogP) is 3.40. The second kappa shape index (κ2) is 10.1. The number of aromatic nitrogens is 4. The van der Waals surface area contributed by atoms with Gasteiger partial charge in [0.1, 0.15) is 6.54 Å². The number of benzene rings is 2. The number of rotatable bonds is 8. The Labute approximate surface area is 200 Å². The van der Waals surface area contributed by atoms with Crippen LogP contribution in [0.1, 0.15) is 27.2 Å². The molecule has 35 heavy (non-hydrogen) atoms. The van der Waals surface area contributed by atoms with Gasteiger partial charge in [0.05, 0.1) is 36.7 Å². The van der Waals surface area contributed by atoms with Crippen molar-refractivity contribution in [1.82, 2.24) is 19.6 Å². The van der Waals surface area contributed by atoms with Crippen molar-refractivity contribution < 1.29 is 14.5 Å². The summed E-state index contributed by atoms with van der Waals surface area (Å²) in [6.45, 7) is 2.27. The number of aryl methyl sites for hydroxylation is 3. The lowest BCUT2D eigenvalue weighted by Gasteiger charge is -2.09. The van der Waals surface area contributed by atoms with Gasteiger partial charge in [0.2, 0.25) is 0 Å². The maximum atomic E-state index is 12.4. The third kappa shape index (κ3) is 5.49. The Morgan fingerprint density at radius 2 is 1.77 bits per heavy atom. The van der Waals surface area contributed by atoms with E-state index in [1.54, 1.807) is 31.2 Å². The second-order valence-corrected chi connectivity index (χ2v) is 7.98. The van der Waals surface area contributed by atoms with Crippen LogP contribution < -0.4 is 5.56 Å². The number of methoxy groups -OCH3 is 1. The number of hydrogen-bond acceptors (Lipinski definition) is 7. The molecule has 0 saturated heterocycles. The Bertz CT molecular complexity index is 1460. The molecular formula is C25H23N5O5. The molecule has 0 unspecified atom stereocenters. The number of nitro groups is 1. The summed E-state index contributed by atoms with van der Waals surface area (Å²) in [5, 5.41) is 19.9. The Morgan fingerprint density at radius 3 is 2.54 bits per heavy atom. The molecule has 0 radical (unpaired) electrons. The van der Waals surface area contributed by atoms with Gasteiger partial charge in [0.15, 0.2) is 0 Å². The van der Waals surface area contributed by atoms with Gasteiger partial charge in [-0.3, -0.25) is 4.79 Å². The molecule has 178 valence electrons. The fourth-order valence-electron chi connectivity index (χ4n) is 3.77. The van der Waals surface area contributed by atoms with Crippen LogP contribution in [0.4, 0.5) is 5.82 Å². The fraction of sp³-hybridized carbons (Fsp3) is 0.200. The first-order valence-corrected chi connectivity index (χ1v) is 10.9. The van der Waals surface area contributed by atoms with E-state index in [-0.39, 0.29) is 17.9 Å². The van der Waals surface area contributed by atoms with E-state index in [4.69, 9.17) is 4.74 Å². The summed E-state index contributed by atoms with van der Waals surface area (Å²) >= 11 is 0. The van der Waals surface area contributed by atoms with Crippen molar-refractivity contribution in [3.8, 4) is 11.3 Å². The standard InChI is InChI=1S/C25H23N5O5/c1-17-13-23(30(33)34)28(26-17)12-11-18-5-3-7-20(14-18)22-9-10-24(31)29(27-22)16-19-6-4-8-21(15-19)25(32)35-2/h3-10,13-15H,11-12,16H2,1-2H3. The fourth-order valence-corrected chi connectivity index (χ4v) is 3.77. The molecule has 2 aromatic heterocycles. The maximum absolute atomic E-state index is 12.4. The van der Waals surface area contributed by atoms with Crippen LogP contribution >= 0.6 is 0 Å². The number of carbonyl (C=O) groups is 1. The molecule has 0 aliphatic carbocycles. The predicted molar refractivity (Wildman–Crippen MR) is 128 cm³/mol. The zero-order valence-electron chi connectivity index (χ0n) is 19.2. The highest BCUT2D eigenvalue weighted by Gasteiger charge is 2.16. The molecule has 0 fully saturated rings. The van der Waals surface area contributed by atoms with E-state index in [9.17, 15) is 19.7 Å². The normalized spacial score (nSPS) is 10.8. The van der Waals surface area contributed by atoms with Crippen LogP contribution in [0.2, 0.25) is 0 Å². The molecule has 2 heterocycles. The Kier molecular flexibility index (Phi) is 6.81. The molecule has 10 heteroatoms. The number of nitrogens with zero attached hydrogens (tertiary/aromatic N) is 5. The van der Waals surface area contributed by atoms with Gasteiger partial charge in [-0.15, -0.1) is 4.68 Å². The zero-order valence-corrected chi connectivity index (χ0v) is 19.2. The minimum absolute atomic E-state index is 0.0383. The van der Waals surface area contributed by atoms with E-state index in [0.717, 1.165) is 16.7 Å². The minimum atomic E-state index is -0.451. The van der Waals surface area contributed by atoms with Crippen molar-refractivity contribution in [2.45, 2.75) is 26.4 Å². The van der Waals surface area contributed by atoms with Crippen LogP contribution in [0.15, 0.2) is 71.5 Å². The second-order valence-electron chi connectivity index (χ2n) is 7.98. The third-order valence-corrected chi connectivity index (χ3v) is 5.45. The van der Waals surface area contributed by atoms with Gasteiger partial charge in [-0.2, -0.15) is 5.10 Å². The Balaban J connectivity index is 1.55. The number of ether oxygens (including phenoxy) is 1. The van der Waals surface area contributed by atoms with Gasteiger partial charge >= 0.3 is 11.8 Å². The molecule has 4 rings (SSSR count). The summed E-state index contributed by atoms with van der Waals surface area (Å²) in [6, 6.07) is 19.1. The lowest BCUT2D eigenvalue weighted by molar-refractivity contribution is -0.392. The molecule has 0 saturated carbocycles. The molecule has 4 aromatic rings. The highest BCUT2D eigenvalue weighted by atomic mass is 16.6. The molecule has 0 N–H and O–H groups in total. The first-order valence-electron chi connectivity index (χ1n) is 10.9.